The van der Waals surface area contributed by atoms with Gasteiger partial charge in [-0.3, -0.25) is 4.90 Å². The maximum absolute atomic E-state index is 5.58. The SMILES string of the molecule is COB(OC)[C@@H]1CCCCCC[C@H]1N1CCOCC1. The summed E-state index contributed by atoms with van der Waals surface area (Å²) in [6, 6.07) is 0.592. The molecule has 1 aliphatic heterocycles. The molecule has 4 nitrogen and oxygen atoms in total. The first kappa shape index (κ1) is 15.3. The summed E-state index contributed by atoms with van der Waals surface area (Å²) >= 11 is 0. The first-order valence-corrected chi connectivity index (χ1v) is 7.74. The molecule has 0 aromatic heterocycles. The van der Waals surface area contributed by atoms with E-state index >= 15 is 0 Å². The van der Waals surface area contributed by atoms with Crippen molar-refractivity contribution < 1.29 is 14.0 Å². The molecule has 1 saturated heterocycles. The van der Waals surface area contributed by atoms with Crippen LogP contribution in [0.4, 0.5) is 0 Å². The molecule has 19 heavy (non-hydrogen) atoms. The monoisotopic (exact) mass is 269 g/mol. The molecule has 0 N–H and O–H groups in total. The molecule has 0 unspecified atom stereocenters. The van der Waals surface area contributed by atoms with Gasteiger partial charge < -0.3 is 14.0 Å². The maximum Gasteiger partial charge on any atom is 0.461 e. The summed E-state index contributed by atoms with van der Waals surface area (Å²) in [5.41, 5.74) is 0. The third-order valence-electron chi connectivity index (χ3n) is 4.61. The smallest absolute Gasteiger partial charge is 0.414 e. The predicted octanol–water partition coefficient (Wildman–Crippen LogP) is 2.19. The van der Waals surface area contributed by atoms with E-state index in [-0.39, 0.29) is 7.12 Å². The zero-order valence-corrected chi connectivity index (χ0v) is 12.5. The van der Waals surface area contributed by atoms with Crippen molar-refractivity contribution >= 4 is 7.12 Å². The number of nitrogens with zero attached hydrogens (tertiary/aromatic N) is 1. The van der Waals surface area contributed by atoms with Crippen molar-refractivity contribution in [2.75, 3.05) is 40.5 Å². The molecule has 2 aliphatic rings. The summed E-state index contributed by atoms with van der Waals surface area (Å²) in [5, 5.41) is 0. The van der Waals surface area contributed by atoms with Crippen LogP contribution < -0.4 is 0 Å². The van der Waals surface area contributed by atoms with Crippen LogP contribution in [-0.2, 0) is 14.0 Å². The largest absolute Gasteiger partial charge is 0.461 e. The van der Waals surface area contributed by atoms with Crippen LogP contribution in [-0.4, -0.2) is 58.6 Å². The molecule has 0 bridgehead atoms. The molecule has 5 heteroatoms. The van der Waals surface area contributed by atoms with Gasteiger partial charge in [-0.05, 0) is 6.42 Å². The van der Waals surface area contributed by atoms with Gasteiger partial charge in [-0.25, -0.2) is 0 Å². The van der Waals surface area contributed by atoms with Gasteiger partial charge in [0.15, 0.2) is 0 Å². The highest BCUT2D eigenvalue weighted by Gasteiger charge is 2.38. The molecule has 2 rings (SSSR count). The van der Waals surface area contributed by atoms with Gasteiger partial charge in [0.2, 0.25) is 0 Å². The average Bonchev–Trinajstić information content (AvgIpc) is 2.43. The molecular formula is C14H28BNO3. The summed E-state index contributed by atoms with van der Waals surface area (Å²) in [5.74, 6) is 0.494. The van der Waals surface area contributed by atoms with E-state index in [1.807, 2.05) is 0 Å². The Labute approximate surface area is 117 Å². The highest BCUT2D eigenvalue weighted by molar-refractivity contribution is 6.46. The lowest BCUT2D eigenvalue weighted by molar-refractivity contribution is 0.00809. The quantitative estimate of drug-likeness (QED) is 0.732. The second-order valence-electron chi connectivity index (χ2n) is 5.71. The summed E-state index contributed by atoms with van der Waals surface area (Å²) in [4.78, 5) is 2.60. The molecule has 1 aliphatic carbocycles. The van der Waals surface area contributed by atoms with Crippen LogP contribution in [0.1, 0.15) is 38.5 Å². The Morgan fingerprint density at radius 3 is 2.21 bits per heavy atom. The predicted molar refractivity (Wildman–Crippen MR) is 77.4 cm³/mol. The van der Waals surface area contributed by atoms with Gasteiger partial charge >= 0.3 is 7.12 Å². The van der Waals surface area contributed by atoms with Gasteiger partial charge in [0.05, 0.1) is 13.2 Å². The Balaban J connectivity index is 2.06. The molecule has 0 aromatic carbocycles. The lowest BCUT2D eigenvalue weighted by atomic mass is 9.63. The third kappa shape index (κ3) is 4.18. The van der Waals surface area contributed by atoms with E-state index in [4.69, 9.17) is 14.0 Å². The molecule has 1 heterocycles. The normalized spacial score (nSPS) is 30.6. The van der Waals surface area contributed by atoms with Crippen LogP contribution in [0.15, 0.2) is 0 Å². The molecule has 0 radical (unpaired) electrons. The van der Waals surface area contributed by atoms with Gasteiger partial charge in [0.1, 0.15) is 0 Å². The molecule has 0 amide bonds. The standard InChI is InChI=1S/C14H28BNO3/c1-17-15(18-2)13-7-5-3-4-6-8-14(13)16-9-11-19-12-10-16/h13-14H,3-12H2,1-2H3/t13-,14-/m1/s1. The fourth-order valence-electron chi connectivity index (χ4n) is 3.62. The van der Waals surface area contributed by atoms with Crippen molar-refractivity contribution in [2.45, 2.75) is 50.4 Å². The Bertz CT molecular complexity index is 245. The Kier molecular flexibility index (Phi) is 6.64. The Morgan fingerprint density at radius 1 is 0.947 bits per heavy atom. The lowest BCUT2D eigenvalue weighted by Crippen LogP contribution is -2.49. The number of ether oxygens (including phenoxy) is 1. The minimum Gasteiger partial charge on any atom is -0.414 e. The summed E-state index contributed by atoms with van der Waals surface area (Å²) in [6.45, 7) is 3.85. The van der Waals surface area contributed by atoms with E-state index in [9.17, 15) is 0 Å². The van der Waals surface area contributed by atoms with Crippen molar-refractivity contribution in [3.05, 3.63) is 0 Å². The topological polar surface area (TPSA) is 30.9 Å². The van der Waals surface area contributed by atoms with Crippen molar-refractivity contribution in [1.29, 1.82) is 0 Å². The first-order chi connectivity index (χ1) is 9.36. The number of rotatable bonds is 4. The molecular weight excluding hydrogens is 241 g/mol. The zero-order valence-electron chi connectivity index (χ0n) is 12.5. The number of morpholine rings is 1. The van der Waals surface area contributed by atoms with E-state index in [0.29, 0.717) is 11.9 Å². The van der Waals surface area contributed by atoms with E-state index in [2.05, 4.69) is 4.90 Å². The van der Waals surface area contributed by atoms with Gasteiger partial charge in [-0.1, -0.05) is 32.1 Å². The minimum absolute atomic E-state index is 0.0639. The van der Waals surface area contributed by atoms with Crippen molar-refractivity contribution in [1.82, 2.24) is 4.90 Å². The Hall–Kier alpha value is -0.0951. The highest BCUT2D eigenvalue weighted by Crippen LogP contribution is 2.34. The molecule has 110 valence electrons. The second-order valence-corrected chi connectivity index (χ2v) is 5.71. The zero-order chi connectivity index (χ0) is 13.5. The average molecular weight is 269 g/mol. The summed E-state index contributed by atoms with van der Waals surface area (Å²) < 4.78 is 16.6. The molecule has 2 fully saturated rings. The first-order valence-electron chi connectivity index (χ1n) is 7.74. The van der Waals surface area contributed by atoms with Gasteiger partial charge in [0, 0.05) is 39.2 Å². The van der Waals surface area contributed by atoms with Crippen LogP contribution in [0.3, 0.4) is 0 Å². The molecule has 1 saturated carbocycles. The van der Waals surface area contributed by atoms with E-state index in [0.717, 1.165) is 26.3 Å². The molecule has 0 spiro atoms. The molecule has 0 aromatic rings. The number of hydrogen-bond donors (Lipinski definition) is 0. The highest BCUT2D eigenvalue weighted by atomic mass is 16.6. The fraction of sp³-hybridized carbons (Fsp3) is 1.00. The van der Waals surface area contributed by atoms with Crippen LogP contribution in [0.5, 0.6) is 0 Å². The third-order valence-corrected chi connectivity index (χ3v) is 4.61. The molecule has 2 atom stereocenters. The van der Waals surface area contributed by atoms with E-state index in [1.165, 1.54) is 38.5 Å². The van der Waals surface area contributed by atoms with Crippen LogP contribution in [0, 0.1) is 0 Å². The minimum atomic E-state index is -0.0639. The van der Waals surface area contributed by atoms with Crippen molar-refractivity contribution in [3.63, 3.8) is 0 Å². The summed E-state index contributed by atoms with van der Waals surface area (Å²) in [7, 11) is 3.47. The maximum atomic E-state index is 5.58. The summed E-state index contributed by atoms with van der Waals surface area (Å²) in [6.07, 6.45) is 7.85. The van der Waals surface area contributed by atoms with Crippen LogP contribution in [0.25, 0.3) is 0 Å². The lowest BCUT2D eigenvalue weighted by Gasteiger charge is -2.41. The van der Waals surface area contributed by atoms with Crippen LogP contribution >= 0.6 is 0 Å². The van der Waals surface area contributed by atoms with Gasteiger partial charge in [-0.2, -0.15) is 0 Å². The van der Waals surface area contributed by atoms with Crippen molar-refractivity contribution in [2.24, 2.45) is 0 Å². The fourth-order valence-corrected chi connectivity index (χ4v) is 3.62. The van der Waals surface area contributed by atoms with E-state index in [1.54, 1.807) is 14.2 Å². The number of hydrogen-bond acceptors (Lipinski definition) is 4. The van der Waals surface area contributed by atoms with Crippen molar-refractivity contribution in [3.8, 4) is 0 Å². The Morgan fingerprint density at radius 2 is 1.58 bits per heavy atom. The second kappa shape index (κ2) is 8.25. The van der Waals surface area contributed by atoms with Crippen LogP contribution in [0.2, 0.25) is 5.82 Å². The van der Waals surface area contributed by atoms with Gasteiger partial charge in [0.25, 0.3) is 0 Å². The van der Waals surface area contributed by atoms with E-state index < -0.39 is 0 Å². The van der Waals surface area contributed by atoms with Gasteiger partial charge in [-0.15, -0.1) is 0 Å².